The zero-order chi connectivity index (χ0) is 27.3. The molecule has 0 heterocycles. The van der Waals surface area contributed by atoms with Crippen molar-refractivity contribution >= 4 is 0 Å². The summed E-state index contributed by atoms with van der Waals surface area (Å²) in [5, 5.41) is 0. The van der Waals surface area contributed by atoms with E-state index < -0.39 is 0 Å². The van der Waals surface area contributed by atoms with E-state index >= 15 is 0 Å². The van der Waals surface area contributed by atoms with Crippen LogP contribution < -0.4 is 0 Å². The predicted octanol–water partition coefficient (Wildman–Crippen LogP) is 10.5. The van der Waals surface area contributed by atoms with E-state index in [0.29, 0.717) is 0 Å². The van der Waals surface area contributed by atoms with E-state index in [1.165, 1.54) is 138 Å². The highest BCUT2D eigenvalue weighted by molar-refractivity contribution is 5.70. The Balaban J connectivity index is 2.17. The maximum Gasteiger partial charge on any atom is 0.0239 e. The van der Waals surface area contributed by atoms with Gasteiger partial charge in [0.2, 0.25) is 0 Å². The lowest BCUT2D eigenvalue weighted by molar-refractivity contribution is 0.254. The molecule has 2 rings (SSSR count). The van der Waals surface area contributed by atoms with Crippen LogP contribution in [0.3, 0.4) is 0 Å². The third-order valence-electron chi connectivity index (χ3n) is 7.92. The Kier molecular flexibility index (Phi) is 18.2. The number of nitrogens with zero attached hydrogens (tertiary/aromatic N) is 2. The minimum atomic E-state index is 1.06. The highest BCUT2D eigenvalue weighted by atomic mass is 15.1. The van der Waals surface area contributed by atoms with Crippen molar-refractivity contribution in [3.8, 4) is 11.1 Å². The van der Waals surface area contributed by atoms with Gasteiger partial charge in [-0.3, -0.25) is 9.80 Å². The molecule has 0 aliphatic rings. The Morgan fingerprint density at radius 3 is 1.13 bits per heavy atom. The first kappa shape index (κ1) is 32.6. The molecule has 2 nitrogen and oxygen atoms in total. The summed E-state index contributed by atoms with van der Waals surface area (Å²) in [4.78, 5) is 5.45. The van der Waals surface area contributed by atoms with Gasteiger partial charge in [0.05, 0.1) is 0 Å². The molecule has 38 heavy (non-hydrogen) atoms. The minimum Gasteiger partial charge on any atom is -0.299 e. The Morgan fingerprint density at radius 1 is 0.395 bits per heavy atom. The molecular formula is C36H60N2. The Labute approximate surface area is 237 Å². The summed E-state index contributed by atoms with van der Waals surface area (Å²) in [6.07, 6.45) is 18.7. The van der Waals surface area contributed by atoms with Gasteiger partial charge in [-0.05, 0) is 74.1 Å². The lowest BCUT2D eigenvalue weighted by Crippen LogP contribution is -2.26. The summed E-state index contributed by atoms with van der Waals surface area (Å²) >= 11 is 0. The molecule has 0 saturated carbocycles. The molecule has 0 spiro atoms. The molecular weight excluding hydrogens is 460 g/mol. The van der Waals surface area contributed by atoms with E-state index in [2.05, 4.69) is 86.0 Å². The summed E-state index contributed by atoms with van der Waals surface area (Å²) in [5.41, 5.74) is 5.86. The largest absolute Gasteiger partial charge is 0.299 e. The smallest absolute Gasteiger partial charge is 0.0239 e. The van der Waals surface area contributed by atoms with Crippen molar-refractivity contribution in [1.29, 1.82) is 0 Å². The Morgan fingerprint density at radius 2 is 0.737 bits per heavy atom. The van der Waals surface area contributed by atoms with E-state index in [9.17, 15) is 0 Å². The first-order valence-electron chi connectivity index (χ1n) is 16.3. The standard InChI is InChI=1S/C36H60N2/c1-5-9-13-15-21-29-37(27-11-7-3)31-33-23-17-19-25-35(33)36-26-20-18-24-34(36)32-38(28-12-8-4)30-22-16-14-10-6-2/h17-20,23-26H,5-16,21-22,27-32H2,1-4H3. The molecule has 0 bridgehead atoms. The first-order valence-corrected chi connectivity index (χ1v) is 16.3. The van der Waals surface area contributed by atoms with E-state index in [4.69, 9.17) is 0 Å². The molecule has 0 unspecified atom stereocenters. The van der Waals surface area contributed by atoms with Gasteiger partial charge >= 0.3 is 0 Å². The van der Waals surface area contributed by atoms with Gasteiger partial charge in [-0.2, -0.15) is 0 Å². The first-order chi connectivity index (χ1) is 18.7. The third kappa shape index (κ3) is 12.9. The number of benzene rings is 2. The van der Waals surface area contributed by atoms with Crippen LogP contribution in [0.1, 0.15) is 129 Å². The van der Waals surface area contributed by atoms with Gasteiger partial charge < -0.3 is 0 Å². The number of hydrogen-bond donors (Lipinski definition) is 0. The summed E-state index contributed by atoms with van der Waals surface area (Å²) in [6.45, 7) is 16.2. The summed E-state index contributed by atoms with van der Waals surface area (Å²) < 4.78 is 0. The molecule has 0 N–H and O–H groups in total. The third-order valence-corrected chi connectivity index (χ3v) is 7.92. The van der Waals surface area contributed by atoms with E-state index in [-0.39, 0.29) is 0 Å². The van der Waals surface area contributed by atoms with E-state index in [1.807, 2.05) is 0 Å². The van der Waals surface area contributed by atoms with Gasteiger partial charge in [0.1, 0.15) is 0 Å². The van der Waals surface area contributed by atoms with Gasteiger partial charge in [0, 0.05) is 13.1 Å². The van der Waals surface area contributed by atoms with E-state index in [1.54, 1.807) is 0 Å². The van der Waals surface area contributed by atoms with Crippen LogP contribution in [-0.4, -0.2) is 36.0 Å². The van der Waals surface area contributed by atoms with Crippen molar-refractivity contribution in [2.75, 3.05) is 26.2 Å². The van der Waals surface area contributed by atoms with Crippen LogP contribution in [0.2, 0.25) is 0 Å². The fraction of sp³-hybridized carbons (Fsp3) is 0.667. The SMILES string of the molecule is CCCCCCCN(CCCC)Cc1ccccc1-c1ccccc1CN(CCCC)CCCCCCC. The van der Waals surface area contributed by atoms with Crippen LogP contribution in [0, 0.1) is 0 Å². The normalized spacial score (nSPS) is 11.6. The number of hydrogen-bond acceptors (Lipinski definition) is 2. The molecule has 214 valence electrons. The van der Waals surface area contributed by atoms with Gasteiger partial charge in [-0.15, -0.1) is 0 Å². The number of unbranched alkanes of at least 4 members (excludes halogenated alkanes) is 10. The monoisotopic (exact) mass is 520 g/mol. The van der Waals surface area contributed by atoms with Crippen LogP contribution >= 0.6 is 0 Å². The zero-order valence-corrected chi connectivity index (χ0v) is 25.7. The van der Waals surface area contributed by atoms with Crippen LogP contribution in [0.25, 0.3) is 11.1 Å². The fourth-order valence-electron chi connectivity index (χ4n) is 5.50. The van der Waals surface area contributed by atoms with Gasteiger partial charge in [-0.25, -0.2) is 0 Å². The summed E-state index contributed by atoms with van der Waals surface area (Å²) in [5.74, 6) is 0. The molecule has 2 aromatic rings. The lowest BCUT2D eigenvalue weighted by atomic mass is 9.94. The topological polar surface area (TPSA) is 6.48 Å². The Bertz CT molecular complexity index is 760. The summed E-state index contributed by atoms with van der Waals surface area (Å²) in [6, 6.07) is 18.5. The Hall–Kier alpha value is -1.64. The quantitative estimate of drug-likeness (QED) is 0.134. The van der Waals surface area contributed by atoms with Crippen molar-refractivity contribution < 1.29 is 0 Å². The molecule has 0 aliphatic carbocycles. The molecule has 0 aromatic heterocycles. The van der Waals surface area contributed by atoms with Crippen molar-refractivity contribution in [3.05, 3.63) is 59.7 Å². The number of rotatable bonds is 23. The van der Waals surface area contributed by atoms with Crippen molar-refractivity contribution in [2.24, 2.45) is 0 Å². The molecule has 0 aliphatic heterocycles. The summed E-state index contributed by atoms with van der Waals surface area (Å²) in [7, 11) is 0. The minimum absolute atomic E-state index is 1.06. The predicted molar refractivity (Wildman–Crippen MR) is 170 cm³/mol. The maximum absolute atomic E-state index is 2.72. The second-order valence-corrected chi connectivity index (χ2v) is 11.4. The highest BCUT2D eigenvalue weighted by Crippen LogP contribution is 2.29. The average molecular weight is 521 g/mol. The molecule has 2 heteroatoms. The zero-order valence-electron chi connectivity index (χ0n) is 25.7. The van der Waals surface area contributed by atoms with Crippen molar-refractivity contribution in [3.63, 3.8) is 0 Å². The molecule has 0 saturated heterocycles. The average Bonchev–Trinajstić information content (AvgIpc) is 2.94. The lowest BCUT2D eigenvalue weighted by Gasteiger charge is -2.26. The van der Waals surface area contributed by atoms with Crippen LogP contribution in [0.5, 0.6) is 0 Å². The fourth-order valence-corrected chi connectivity index (χ4v) is 5.50. The van der Waals surface area contributed by atoms with Crippen LogP contribution in [0.15, 0.2) is 48.5 Å². The second kappa shape index (κ2) is 21.2. The van der Waals surface area contributed by atoms with Crippen LogP contribution in [-0.2, 0) is 13.1 Å². The van der Waals surface area contributed by atoms with Gasteiger partial charge in [-0.1, -0.05) is 140 Å². The van der Waals surface area contributed by atoms with Crippen molar-refractivity contribution in [1.82, 2.24) is 9.80 Å². The van der Waals surface area contributed by atoms with Gasteiger partial charge in [0.15, 0.2) is 0 Å². The molecule has 0 radical (unpaired) electrons. The molecule has 0 fully saturated rings. The van der Waals surface area contributed by atoms with Crippen LogP contribution in [0.4, 0.5) is 0 Å². The second-order valence-electron chi connectivity index (χ2n) is 11.4. The molecule has 0 atom stereocenters. The highest BCUT2D eigenvalue weighted by Gasteiger charge is 2.15. The van der Waals surface area contributed by atoms with Crippen molar-refractivity contribution in [2.45, 2.75) is 131 Å². The van der Waals surface area contributed by atoms with Gasteiger partial charge in [0.25, 0.3) is 0 Å². The van der Waals surface area contributed by atoms with E-state index in [0.717, 1.165) is 13.1 Å². The molecule has 0 amide bonds. The molecule has 2 aromatic carbocycles. The maximum atomic E-state index is 2.72.